The van der Waals surface area contributed by atoms with Gasteiger partial charge in [0.2, 0.25) is 0 Å². The van der Waals surface area contributed by atoms with E-state index in [-0.39, 0.29) is 28.4 Å². The first-order valence-corrected chi connectivity index (χ1v) is 19.6. The van der Waals surface area contributed by atoms with E-state index in [1.54, 1.807) is 3.28 Å². The quantitative estimate of drug-likeness (QED) is 0.217. The van der Waals surface area contributed by atoms with Crippen LogP contribution in [-0.2, 0) is 20.4 Å². The molecule has 2 aromatic carbocycles. The van der Waals surface area contributed by atoms with Crippen LogP contribution in [0.25, 0.3) is 5.57 Å². The first-order valence-electron chi connectivity index (χ1n) is 10.8. The third-order valence-corrected chi connectivity index (χ3v) is 25.7. The van der Waals surface area contributed by atoms with Crippen molar-refractivity contribution in [3.63, 3.8) is 0 Å². The van der Waals surface area contributed by atoms with E-state index in [2.05, 4.69) is 40.8 Å². The third kappa shape index (κ3) is 4.61. The molecule has 2 aliphatic carbocycles. The maximum absolute atomic E-state index is 14.8. The number of fused-ring (bicyclic) bond motifs is 1. The van der Waals surface area contributed by atoms with Crippen LogP contribution in [0.15, 0.2) is 56.4 Å². The Morgan fingerprint density at radius 1 is 0.853 bits per heavy atom. The predicted octanol–water partition coefficient (Wildman–Crippen LogP) is 1.87. The summed E-state index contributed by atoms with van der Waals surface area (Å²) in [6.45, 7) is 13.6. The van der Waals surface area contributed by atoms with Gasteiger partial charge in [-0.2, -0.15) is 0 Å². The molecular weight excluding hydrogens is 578 g/mol. The molecule has 2 aromatic rings. The van der Waals surface area contributed by atoms with Crippen LogP contribution >= 0.6 is 0 Å². The van der Waals surface area contributed by atoms with E-state index in [1.165, 1.54) is 16.7 Å². The third-order valence-electron chi connectivity index (χ3n) is 7.08. The summed E-state index contributed by atoms with van der Waals surface area (Å²) >= 11 is -2.36. The van der Waals surface area contributed by atoms with Gasteiger partial charge in [0, 0.05) is 0 Å². The monoisotopic (exact) mass is 602 g/mol. The van der Waals surface area contributed by atoms with Gasteiger partial charge in [0.05, 0.1) is 0 Å². The molecule has 0 saturated carbocycles. The van der Waals surface area contributed by atoms with Gasteiger partial charge < -0.3 is 24.8 Å². The Hall–Kier alpha value is -0.940. The largest absolute Gasteiger partial charge is 1.00 e. The van der Waals surface area contributed by atoms with Crippen molar-refractivity contribution in [2.75, 3.05) is 0 Å². The van der Waals surface area contributed by atoms with E-state index in [0.29, 0.717) is 17.6 Å². The Balaban J connectivity index is 0.00000204. The zero-order valence-corrected chi connectivity index (χ0v) is 24.9. The molecule has 0 spiro atoms. The van der Waals surface area contributed by atoms with Gasteiger partial charge in [0.25, 0.3) is 0 Å². The van der Waals surface area contributed by atoms with Crippen LogP contribution < -0.4 is 24.8 Å². The van der Waals surface area contributed by atoms with Gasteiger partial charge in [-0.25, -0.2) is 0 Å². The van der Waals surface area contributed by atoms with Crippen LogP contribution in [0, 0.1) is 29.2 Å². The van der Waals surface area contributed by atoms with E-state index >= 15 is 0 Å². The molecule has 0 bridgehead atoms. The SMILES string of the molecule is CC1=C(C)C(C)[C]([Zr+2]([CH]2C=C(c3c(F)cc(F)c(F)c3F)c3ccccc32)=[Si](C)C)=C1C.[Cl-].[Cl-]. The average Bonchev–Trinajstić information content (AvgIpc) is 3.20. The fraction of sp³-hybridized carbons (Fsp3) is 0.308. The Morgan fingerprint density at radius 3 is 2.03 bits per heavy atom. The molecule has 0 amide bonds. The fourth-order valence-corrected chi connectivity index (χ4v) is 24.9. The maximum atomic E-state index is 14.8. The van der Waals surface area contributed by atoms with Gasteiger partial charge in [-0.3, -0.25) is 0 Å². The summed E-state index contributed by atoms with van der Waals surface area (Å²) in [6.07, 6.45) is 1.96. The first kappa shape index (κ1) is 29.3. The molecular formula is C26H26Cl2F4SiZr. The van der Waals surface area contributed by atoms with Crippen LogP contribution in [-0.4, -0.2) is 5.43 Å². The molecule has 0 fully saturated rings. The Morgan fingerprint density at radius 2 is 1.47 bits per heavy atom. The van der Waals surface area contributed by atoms with Gasteiger partial charge in [0.1, 0.15) is 0 Å². The van der Waals surface area contributed by atoms with Crippen molar-refractivity contribution >= 4 is 11.0 Å². The minimum absolute atomic E-state index is 0. The number of benzene rings is 2. The van der Waals surface area contributed by atoms with E-state index < -0.39 is 54.6 Å². The van der Waals surface area contributed by atoms with E-state index in [4.69, 9.17) is 0 Å². The van der Waals surface area contributed by atoms with Crippen LogP contribution in [0.2, 0.25) is 13.1 Å². The number of halogens is 6. The molecule has 0 aliphatic heterocycles. The van der Waals surface area contributed by atoms with Crippen LogP contribution in [0.4, 0.5) is 17.6 Å². The fourth-order valence-electron chi connectivity index (χ4n) is 5.18. The number of rotatable bonds is 3. The summed E-state index contributed by atoms with van der Waals surface area (Å²) in [5, 5.41) is 0. The van der Waals surface area contributed by atoms with Crippen LogP contribution in [0.1, 0.15) is 48.0 Å². The first-order chi connectivity index (χ1) is 15.1. The average molecular weight is 605 g/mol. The van der Waals surface area contributed by atoms with Crippen molar-refractivity contribution in [3.05, 3.63) is 96.4 Å². The summed E-state index contributed by atoms with van der Waals surface area (Å²) in [5.74, 6) is -5.26. The van der Waals surface area contributed by atoms with E-state index in [0.717, 1.165) is 11.1 Å². The molecule has 2 aliphatic rings. The minimum Gasteiger partial charge on any atom is -1.00 e. The molecule has 0 aromatic heterocycles. The molecule has 4 rings (SSSR count). The Kier molecular flexibility index (Phi) is 9.46. The summed E-state index contributed by atoms with van der Waals surface area (Å²) in [6, 6.07) is 8.10. The topological polar surface area (TPSA) is 0 Å². The molecule has 2 unspecified atom stereocenters. The molecule has 0 nitrogen and oxygen atoms in total. The van der Waals surface area contributed by atoms with Crippen molar-refractivity contribution in [1.82, 2.24) is 0 Å². The van der Waals surface area contributed by atoms with Crippen molar-refractivity contribution in [1.29, 1.82) is 0 Å². The van der Waals surface area contributed by atoms with Crippen molar-refractivity contribution in [2.24, 2.45) is 5.92 Å². The second-order valence-electron chi connectivity index (χ2n) is 8.97. The predicted molar refractivity (Wildman–Crippen MR) is 120 cm³/mol. The van der Waals surface area contributed by atoms with Crippen molar-refractivity contribution < 1.29 is 62.7 Å². The molecule has 0 radical (unpaired) electrons. The van der Waals surface area contributed by atoms with Gasteiger partial charge in [-0.1, -0.05) is 0 Å². The standard InChI is InChI=1S/C15H7F4.C9H13.C2H6Si.2ClH.Zr/c16-11-7-12(17)14(18)15(19)13(11)10-6-5-8-3-1-2-4-9(8)10;1-6-5-7(2)9(4)8(6)3;1-3-2;;;/h1-7H;6H,1-4H3;1-2H3;2*1H;/q;;;;;+2/p-2. The normalized spacial score (nSPS) is 18.7. The summed E-state index contributed by atoms with van der Waals surface area (Å²) in [7, 11) is 0. The zero-order valence-electron chi connectivity index (χ0n) is 19.9. The number of allylic oxidation sites excluding steroid dienone is 5. The smallest absolute Gasteiger partial charge is 1.00 e. The zero-order chi connectivity index (χ0) is 23.5. The van der Waals surface area contributed by atoms with Gasteiger partial charge in [-0.15, -0.1) is 0 Å². The maximum Gasteiger partial charge on any atom is -1.00 e. The Labute approximate surface area is 219 Å². The van der Waals surface area contributed by atoms with Crippen molar-refractivity contribution in [2.45, 2.75) is 44.4 Å². The number of hydrogen-bond donors (Lipinski definition) is 0. The summed E-state index contributed by atoms with van der Waals surface area (Å²) < 4.78 is 59.0. The van der Waals surface area contributed by atoms with Gasteiger partial charge in [0.15, 0.2) is 0 Å². The van der Waals surface area contributed by atoms with Crippen molar-refractivity contribution in [3.8, 4) is 0 Å². The van der Waals surface area contributed by atoms with Gasteiger partial charge >= 0.3 is 196 Å². The molecule has 2 atom stereocenters. The second kappa shape index (κ2) is 11.0. The van der Waals surface area contributed by atoms with E-state index in [1.807, 2.05) is 30.3 Å². The van der Waals surface area contributed by atoms with Crippen LogP contribution in [0.5, 0.6) is 0 Å². The molecule has 0 saturated heterocycles. The van der Waals surface area contributed by atoms with Gasteiger partial charge in [-0.05, 0) is 0 Å². The minimum atomic E-state index is -2.36. The Bertz CT molecular complexity index is 1290. The van der Waals surface area contributed by atoms with E-state index in [9.17, 15) is 17.6 Å². The second-order valence-corrected chi connectivity index (χ2v) is 26.4. The molecule has 0 N–H and O–H groups in total. The molecule has 0 heterocycles. The molecule has 180 valence electrons. The van der Waals surface area contributed by atoms with Crippen LogP contribution in [0.3, 0.4) is 0 Å². The summed E-state index contributed by atoms with van der Waals surface area (Å²) in [5.41, 5.74) is 5.17. The molecule has 8 heteroatoms. The number of hydrogen-bond acceptors (Lipinski definition) is 0. The molecule has 34 heavy (non-hydrogen) atoms. The summed E-state index contributed by atoms with van der Waals surface area (Å²) in [4.78, 5) is 0.